The first-order valence-electron chi connectivity index (χ1n) is 18.2. The maximum atomic E-state index is 14.0. The second-order valence-corrected chi connectivity index (χ2v) is 16.4. The summed E-state index contributed by atoms with van der Waals surface area (Å²) in [6.07, 6.45) is 0. The van der Waals surface area contributed by atoms with E-state index in [0.29, 0.717) is 17.4 Å². The van der Waals surface area contributed by atoms with Crippen molar-refractivity contribution in [1.82, 2.24) is 25.4 Å². The van der Waals surface area contributed by atoms with Crippen LogP contribution in [0.25, 0.3) is 0 Å². The number of nitrogens with zero attached hydrogens (tertiary/aromatic N) is 4. The van der Waals surface area contributed by atoms with E-state index in [2.05, 4.69) is 62.4 Å². The lowest BCUT2D eigenvalue weighted by Crippen LogP contribution is -2.71. The van der Waals surface area contributed by atoms with Gasteiger partial charge < -0.3 is 25.5 Å². The Morgan fingerprint density at radius 1 is 0.927 bits per heavy atom. The third-order valence-electron chi connectivity index (χ3n) is 9.61. The summed E-state index contributed by atoms with van der Waals surface area (Å²) >= 11 is 2.84. The van der Waals surface area contributed by atoms with Crippen molar-refractivity contribution in [2.24, 2.45) is 5.16 Å². The second-order valence-electron chi connectivity index (χ2n) is 14.5. The molecule has 2 saturated heterocycles. The van der Waals surface area contributed by atoms with E-state index in [0.717, 1.165) is 48.4 Å². The predicted octanol–water partition coefficient (Wildman–Crippen LogP) is 4.80. The van der Waals surface area contributed by atoms with Crippen LogP contribution < -0.4 is 16.0 Å². The fourth-order valence-electron chi connectivity index (χ4n) is 7.15. The van der Waals surface area contributed by atoms with Gasteiger partial charge in [-0.2, -0.15) is 0 Å². The number of fused-ring (bicyclic) bond motifs is 1. The van der Waals surface area contributed by atoms with Crippen molar-refractivity contribution in [2.45, 2.75) is 43.3 Å². The number of amides is 2. The molecule has 55 heavy (non-hydrogen) atoms. The Kier molecular flexibility index (Phi) is 11.4. The second kappa shape index (κ2) is 16.4. The first-order chi connectivity index (χ1) is 26.6. The number of benzene rings is 3. The summed E-state index contributed by atoms with van der Waals surface area (Å²) < 4.78 is 5.80. The number of thiazole rings is 1. The van der Waals surface area contributed by atoms with Gasteiger partial charge in [-0.25, -0.2) is 9.78 Å². The van der Waals surface area contributed by atoms with E-state index in [-0.39, 0.29) is 23.0 Å². The molecule has 0 radical (unpaired) electrons. The molecule has 0 unspecified atom stereocenters. The molecule has 0 saturated carbocycles. The minimum atomic E-state index is -0.893. The molecule has 0 aliphatic carbocycles. The Bertz CT molecular complexity index is 1970. The molecule has 14 heteroatoms. The van der Waals surface area contributed by atoms with Gasteiger partial charge >= 0.3 is 5.97 Å². The summed E-state index contributed by atoms with van der Waals surface area (Å²) in [5.74, 6) is -1.03. The monoisotopic (exact) mass is 779 g/mol. The molecule has 7 rings (SSSR count). The molecular formula is C41H45N7O5S2. The number of anilines is 1. The molecule has 0 spiro atoms. The summed E-state index contributed by atoms with van der Waals surface area (Å²) in [5, 5.41) is 15.8. The Balaban J connectivity index is 1.14. The van der Waals surface area contributed by atoms with E-state index in [1.54, 1.807) is 26.2 Å². The molecule has 4 aromatic rings. The highest BCUT2D eigenvalue weighted by atomic mass is 32.2. The lowest BCUT2D eigenvalue weighted by molar-refractivity contribution is -0.158. The number of carbonyl (C=O) groups is 3. The van der Waals surface area contributed by atoms with Gasteiger partial charge in [0, 0.05) is 43.9 Å². The Labute approximate surface area is 329 Å². The fraction of sp³-hybridized carbons (Fsp3) is 0.341. The summed E-state index contributed by atoms with van der Waals surface area (Å²) in [5.41, 5.74) is 2.74. The van der Waals surface area contributed by atoms with Crippen molar-refractivity contribution in [3.8, 4) is 0 Å². The molecule has 3 aliphatic heterocycles. The van der Waals surface area contributed by atoms with Crippen molar-refractivity contribution in [1.29, 1.82) is 0 Å². The van der Waals surface area contributed by atoms with Crippen LogP contribution in [-0.4, -0.2) is 101 Å². The van der Waals surface area contributed by atoms with Gasteiger partial charge in [0.15, 0.2) is 10.8 Å². The molecule has 286 valence electrons. The van der Waals surface area contributed by atoms with Gasteiger partial charge in [0.2, 0.25) is 0 Å². The van der Waals surface area contributed by atoms with Crippen LogP contribution in [0, 0.1) is 0 Å². The highest BCUT2D eigenvalue weighted by molar-refractivity contribution is 8.00. The number of ether oxygens (including phenoxy) is 1. The van der Waals surface area contributed by atoms with Gasteiger partial charge in [0.05, 0.1) is 0 Å². The van der Waals surface area contributed by atoms with E-state index < -0.39 is 34.4 Å². The van der Waals surface area contributed by atoms with Crippen molar-refractivity contribution >= 4 is 51.7 Å². The van der Waals surface area contributed by atoms with Crippen LogP contribution in [-0.2, 0) is 29.5 Å². The number of esters is 1. The summed E-state index contributed by atoms with van der Waals surface area (Å²) in [6, 6.07) is 29.5. The number of hydrogen-bond donors (Lipinski definition) is 3. The number of nitrogens with one attached hydrogen (secondary N) is 3. The van der Waals surface area contributed by atoms with Crippen molar-refractivity contribution in [2.75, 3.05) is 50.9 Å². The van der Waals surface area contributed by atoms with Crippen LogP contribution in [0.3, 0.4) is 0 Å². The quantitative estimate of drug-likeness (QED) is 0.0605. The van der Waals surface area contributed by atoms with E-state index in [4.69, 9.17) is 14.6 Å². The van der Waals surface area contributed by atoms with Crippen LogP contribution in [0.5, 0.6) is 0 Å². The topological polar surface area (TPSA) is 137 Å². The minimum Gasteiger partial charge on any atom is -0.455 e. The zero-order valence-corrected chi connectivity index (χ0v) is 32.9. The van der Waals surface area contributed by atoms with Crippen LogP contribution in [0.1, 0.15) is 43.2 Å². The van der Waals surface area contributed by atoms with E-state index >= 15 is 0 Å². The number of β-lactam (4-membered cyclic amide) rings is 1. The molecule has 2 atom stereocenters. The van der Waals surface area contributed by atoms with Crippen molar-refractivity contribution in [3.63, 3.8) is 0 Å². The molecule has 3 N–H and O–H groups in total. The molecule has 2 amide bonds. The van der Waals surface area contributed by atoms with E-state index in [1.807, 2.05) is 54.6 Å². The molecule has 2 fully saturated rings. The molecular weight excluding hydrogens is 735 g/mol. The predicted molar refractivity (Wildman–Crippen MR) is 216 cm³/mol. The lowest BCUT2D eigenvalue weighted by Gasteiger charge is -2.50. The molecule has 3 aliphatic rings. The van der Waals surface area contributed by atoms with Crippen molar-refractivity contribution in [3.05, 3.63) is 130 Å². The number of thioether (sulfide) groups is 1. The lowest BCUT2D eigenvalue weighted by atomic mass is 9.77. The first kappa shape index (κ1) is 38.3. The summed E-state index contributed by atoms with van der Waals surface area (Å²) in [4.78, 5) is 55.2. The zero-order valence-electron chi connectivity index (χ0n) is 31.3. The SMILES string of the molecule is CO/N=C(/C(=O)N[C@@H]1C(=O)N2C(C(=O)OC(C)(C)C)=C(CN3CCNCC3)CS[C@H]12)c1csc(NC(c2ccccc2)(c2ccccc2)c2ccccc2)n1. The number of aromatic nitrogens is 1. The number of carbonyl (C=O) groups excluding carboxylic acids is 3. The molecule has 3 aromatic carbocycles. The maximum absolute atomic E-state index is 14.0. The molecule has 12 nitrogen and oxygen atoms in total. The smallest absolute Gasteiger partial charge is 0.355 e. The van der Waals surface area contributed by atoms with Gasteiger partial charge in [0.1, 0.15) is 41.1 Å². The third-order valence-corrected chi connectivity index (χ3v) is 11.7. The van der Waals surface area contributed by atoms with Gasteiger partial charge in [-0.1, -0.05) is 96.2 Å². The standard InChI is InChI=1S/C41H45N7O5S2/c1-40(2,3)53-38(51)34-27(24-47-22-20-42-21-23-47)25-54-37-33(36(50)48(34)37)44-35(49)32(46-52-4)31-26-55-39(43-31)45-41(28-14-8-5-9-15-28,29-16-10-6-11-17-29)30-18-12-7-13-19-30/h5-19,26,33,37,42H,20-25H2,1-4H3,(H,43,45)(H,44,49)/b46-32+/t33-,37-/m1/s1. The first-order valence-corrected chi connectivity index (χ1v) is 20.2. The average molecular weight is 780 g/mol. The number of rotatable bonds is 12. The Morgan fingerprint density at radius 3 is 2.05 bits per heavy atom. The Hall–Kier alpha value is -5.02. The van der Waals surface area contributed by atoms with Crippen LogP contribution >= 0.6 is 23.1 Å². The van der Waals surface area contributed by atoms with Gasteiger partial charge in [-0.3, -0.25) is 19.4 Å². The molecule has 4 heterocycles. The van der Waals surface area contributed by atoms with Gasteiger partial charge in [-0.15, -0.1) is 23.1 Å². The van der Waals surface area contributed by atoms with Gasteiger partial charge in [0.25, 0.3) is 11.8 Å². The third kappa shape index (κ3) is 8.04. The van der Waals surface area contributed by atoms with Crippen LogP contribution in [0.15, 0.2) is 113 Å². The van der Waals surface area contributed by atoms with E-state index in [9.17, 15) is 14.4 Å². The van der Waals surface area contributed by atoms with Gasteiger partial charge in [-0.05, 0) is 43.0 Å². The summed E-state index contributed by atoms with van der Waals surface area (Å²) in [6.45, 7) is 9.37. The minimum absolute atomic E-state index is 0.0779. The number of oxime groups is 1. The molecule has 1 aromatic heterocycles. The molecule has 0 bridgehead atoms. The van der Waals surface area contributed by atoms with Crippen LogP contribution in [0.2, 0.25) is 0 Å². The van der Waals surface area contributed by atoms with E-state index in [1.165, 1.54) is 35.1 Å². The maximum Gasteiger partial charge on any atom is 0.355 e. The average Bonchev–Trinajstić information content (AvgIpc) is 3.66. The fourth-order valence-corrected chi connectivity index (χ4v) is 9.23. The highest BCUT2D eigenvalue weighted by Gasteiger charge is 2.55. The van der Waals surface area contributed by atoms with Crippen LogP contribution in [0.4, 0.5) is 5.13 Å². The number of hydrogen-bond acceptors (Lipinski definition) is 12. The van der Waals surface area contributed by atoms with Crippen molar-refractivity contribution < 1.29 is 24.0 Å². The normalized spacial score (nSPS) is 19.3. The largest absolute Gasteiger partial charge is 0.455 e. The number of piperazine rings is 1. The zero-order chi connectivity index (χ0) is 38.6. The highest BCUT2D eigenvalue weighted by Crippen LogP contribution is 2.42. The summed E-state index contributed by atoms with van der Waals surface area (Å²) in [7, 11) is 1.36. The Morgan fingerprint density at radius 2 is 1.51 bits per heavy atom.